The van der Waals surface area contributed by atoms with Gasteiger partial charge in [-0.25, -0.2) is 0 Å². The predicted molar refractivity (Wildman–Crippen MR) is 80.1 cm³/mol. The molecule has 0 saturated carbocycles. The van der Waals surface area contributed by atoms with E-state index >= 15 is 0 Å². The van der Waals surface area contributed by atoms with Crippen molar-refractivity contribution in [2.24, 2.45) is 5.41 Å². The van der Waals surface area contributed by atoms with Gasteiger partial charge in [0, 0.05) is 28.3 Å². The summed E-state index contributed by atoms with van der Waals surface area (Å²) < 4.78 is 12.2. The normalized spacial score (nSPS) is 15.3. The summed E-state index contributed by atoms with van der Waals surface area (Å²) in [5.41, 5.74) is 1.29. The average Bonchev–Trinajstić information content (AvgIpc) is 2.28. The zero-order chi connectivity index (χ0) is 13.6. The Labute approximate surface area is 114 Å². The Morgan fingerprint density at radius 2 is 1.83 bits per heavy atom. The molecular weight excluding hydrogens is 242 g/mol. The lowest BCUT2D eigenvalue weighted by Gasteiger charge is -2.31. The molecule has 1 rings (SSSR count). The first-order valence-corrected chi connectivity index (χ1v) is 8.04. The van der Waals surface area contributed by atoms with E-state index in [-0.39, 0.29) is 5.41 Å². The van der Waals surface area contributed by atoms with E-state index in [4.69, 9.17) is 0 Å². The molecule has 18 heavy (non-hydrogen) atoms. The molecule has 1 aromatic carbocycles. The van der Waals surface area contributed by atoms with Crippen molar-refractivity contribution >= 4 is 10.8 Å². The van der Waals surface area contributed by atoms with Crippen LogP contribution in [0, 0.1) is 5.41 Å². The van der Waals surface area contributed by atoms with Crippen LogP contribution in [0.15, 0.2) is 30.3 Å². The van der Waals surface area contributed by atoms with Gasteiger partial charge in [-0.2, -0.15) is 0 Å². The predicted octanol–water partition coefficient (Wildman–Crippen LogP) is 2.96. The Bertz CT molecular complexity index is 370. The largest absolute Gasteiger partial charge is 0.313 e. The Morgan fingerprint density at radius 1 is 1.22 bits per heavy atom. The molecule has 0 saturated heterocycles. The van der Waals surface area contributed by atoms with Gasteiger partial charge in [0.25, 0.3) is 0 Å². The molecule has 0 amide bonds. The minimum atomic E-state index is -0.812. The lowest BCUT2D eigenvalue weighted by molar-refractivity contribution is 0.294. The number of nitrogens with one attached hydrogen (secondary N) is 1. The topological polar surface area (TPSA) is 29.1 Å². The molecule has 102 valence electrons. The second-order valence-corrected chi connectivity index (χ2v) is 7.21. The number of hydrogen-bond acceptors (Lipinski definition) is 2. The third-order valence-corrected chi connectivity index (χ3v) is 4.38. The SMILES string of the molecule is CCNC(CS(=O)Cc1ccccc1)C(C)(C)C. The van der Waals surface area contributed by atoms with E-state index < -0.39 is 10.8 Å². The van der Waals surface area contributed by atoms with Crippen LogP contribution in [0.5, 0.6) is 0 Å². The molecule has 3 heteroatoms. The van der Waals surface area contributed by atoms with Crippen molar-refractivity contribution in [2.45, 2.75) is 39.5 Å². The summed E-state index contributed by atoms with van der Waals surface area (Å²) in [5.74, 6) is 1.37. The summed E-state index contributed by atoms with van der Waals surface area (Å²) in [7, 11) is -0.812. The number of rotatable bonds is 6. The van der Waals surface area contributed by atoms with E-state index in [0.29, 0.717) is 17.5 Å². The summed E-state index contributed by atoms with van der Waals surface area (Å²) in [5, 5.41) is 3.45. The second-order valence-electron chi connectivity index (χ2n) is 5.71. The van der Waals surface area contributed by atoms with Crippen LogP contribution in [-0.4, -0.2) is 22.5 Å². The van der Waals surface area contributed by atoms with Gasteiger partial charge >= 0.3 is 0 Å². The first-order chi connectivity index (χ1) is 8.43. The standard InChI is InChI=1S/C15H25NOS/c1-5-16-14(15(2,3)4)12-18(17)11-13-9-7-6-8-10-13/h6-10,14,16H,5,11-12H2,1-4H3. The molecule has 0 aromatic heterocycles. The van der Waals surface area contributed by atoms with E-state index in [9.17, 15) is 4.21 Å². The molecule has 0 fully saturated rings. The van der Waals surface area contributed by atoms with E-state index in [1.165, 1.54) is 0 Å². The zero-order valence-electron chi connectivity index (χ0n) is 11.9. The summed E-state index contributed by atoms with van der Waals surface area (Å²) in [6.45, 7) is 9.60. The van der Waals surface area contributed by atoms with Crippen molar-refractivity contribution in [3.63, 3.8) is 0 Å². The van der Waals surface area contributed by atoms with Crippen LogP contribution >= 0.6 is 0 Å². The van der Waals surface area contributed by atoms with Gasteiger partial charge in [-0.3, -0.25) is 4.21 Å². The molecule has 0 heterocycles. The maximum Gasteiger partial charge on any atom is 0.0486 e. The third kappa shape index (κ3) is 5.32. The molecule has 2 nitrogen and oxygen atoms in total. The monoisotopic (exact) mass is 267 g/mol. The van der Waals surface area contributed by atoms with Crippen LogP contribution in [0.2, 0.25) is 0 Å². The van der Waals surface area contributed by atoms with E-state index in [2.05, 4.69) is 33.0 Å². The van der Waals surface area contributed by atoms with Crippen LogP contribution in [0.25, 0.3) is 0 Å². The Balaban J connectivity index is 2.57. The van der Waals surface area contributed by atoms with Gasteiger partial charge in [-0.05, 0) is 17.5 Å². The molecule has 2 atom stereocenters. The molecule has 0 spiro atoms. The van der Waals surface area contributed by atoms with Crippen LogP contribution in [0.4, 0.5) is 0 Å². The Kier molecular flexibility index (Phi) is 6.03. The molecular formula is C15H25NOS. The lowest BCUT2D eigenvalue weighted by atomic mass is 9.88. The Hall–Kier alpha value is -0.670. The number of hydrogen-bond donors (Lipinski definition) is 1. The van der Waals surface area contributed by atoms with Gasteiger partial charge in [-0.15, -0.1) is 0 Å². The van der Waals surface area contributed by atoms with Crippen molar-refractivity contribution in [1.29, 1.82) is 0 Å². The molecule has 0 bridgehead atoms. The molecule has 1 aromatic rings. The summed E-state index contributed by atoms with van der Waals surface area (Å²) in [4.78, 5) is 0. The Morgan fingerprint density at radius 3 is 2.33 bits per heavy atom. The van der Waals surface area contributed by atoms with Gasteiger partial charge < -0.3 is 5.32 Å². The first-order valence-electron chi connectivity index (χ1n) is 6.55. The van der Waals surface area contributed by atoms with Gasteiger partial charge in [0.15, 0.2) is 0 Å². The molecule has 2 unspecified atom stereocenters. The molecule has 1 N–H and O–H groups in total. The van der Waals surface area contributed by atoms with Gasteiger partial charge in [0.2, 0.25) is 0 Å². The van der Waals surface area contributed by atoms with Crippen LogP contribution < -0.4 is 5.32 Å². The second kappa shape index (κ2) is 7.05. The van der Waals surface area contributed by atoms with Crippen molar-refractivity contribution in [1.82, 2.24) is 5.32 Å². The quantitative estimate of drug-likeness (QED) is 0.858. The van der Waals surface area contributed by atoms with E-state index in [0.717, 1.165) is 12.1 Å². The first kappa shape index (κ1) is 15.4. The molecule has 0 radical (unpaired) electrons. The average molecular weight is 267 g/mol. The van der Waals surface area contributed by atoms with Gasteiger partial charge in [0.05, 0.1) is 0 Å². The van der Waals surface area contributed by atoms with E-state index in [1.54, 1.807) is 0 Å². The molecule has 0 aliphatic carbocycles. The van der Waals surface area contributed by atoms with E-state index in [1.807, 2.05) is 30.3 Å². The maximum atomic E-state index is 12.2. The minimum Gasteiger partial charge on any atom is -0.313 e. The smallest absolute Gasteiger partial charge is 0.0486 e. The number of benzene rings is 1. The molecule has 0 aliphatic rings. The highest BCUT2D eigenvalue weighted by atomic mass is 32.2. The van der Waals surface area contributed by atoms with Crippen molar-refractivity contribution in [3.8, 4) is 0 Å². The molecule has 0 aliphatic heterocycles. The van der Waals surface area contributed by atoms with Gasteiger partial charge in [0.1, 0.15) is 0 Å². The van der Waals surface area contributed by atoms with Crippen LogP contribution in [-0.2, 0) is 16.6 Å². The van der Waals surface area contributed by atoms with Crippen molar-refractivity contribution in [3.05, 3.63) is 35.9 Å². The fraction of sp³-hybridized carbons (Fsp3) is 0.600. The van der Waals surface area contributed by atoms with Gasteiger partial charge in [-0.1, -0.05) is 58.0 Å². The van der Waals surface area contributed by atoms with Crippen molar-refractivity contribution < 1.29 is 4.21 Å². The highest BCUT2D eigenvalue weighted by Gasteiger charge is 2.25. The zero-order valence-corrected chi connectivity index (χ0v) is 12.7. The van der Waals surface area contributed by atoms with Crippen molar-refractivity contribution in [2.75, 3.05) is 12.3 Å². The summed E-state index contributed by atoms with van der Waals surface area (Å²) >= 11 is 0. The fourth-order valence-corrected chi connectivity index (χ4v) is 3.54. The minimum absolute atomic E-state index is 0.141. The van der Waals surface area contributed by atoms with Crippen LogP contribution in [0.1, 0.15) is 33.3 Å². The maximum absolute atomic E-state index is 12.2. The third-order valence-electron chi connectivity index (χ3n) is 3.02. The van der Waals surface area contributed by atoms with Crippen LogP contribution in [0.3, 0.4) is 0 Å². The highest BCUT2D eigenvalue weighted by molar-refractivity contribution is 7.84. The lowest BCUT2D eigenvalue weighted by Crippen LogP contribution is -2.44. The fourth-order valence-electron chi connectivity index (χ4n) is 1.87. The highest BCUT2D eigenvalue weighted by Crippen LogP contribution is 2.20. The summed E-state index contributed by atoms with van der Waals surface area (Å²) in [6.07, 6.45) is 0. The summed E-state index contributed by atoms with van der Waals surface area (Å²) in [6, 6.07) is 10.4.